The van der Waals surface area contributed by atoms with E-state index in [-0.39, 0.29) is 30.6 Å². The Kier molecular flexibility index (Phi) is 18.6. The Morgan fingerprint density at radius 1 is 0.541 bits per heavy atom. The highest BCUT2D eigenvalue weighted by Crippen LogP contribution is 2.76. The van der Waals surface area contributed by atoms with E-state index < -0.39 is 231 Å². The molecule has 33 atom stereocenters. The number of carbonyl (C=O) groups excluding carboxylic acids is 1. The third-order valence-corrected chi connectivity index (χ3v) is 22.3. The van der Waals surface area contributed by atoms with E-state index in [2.05, 4.69) is 33.8 Å². The number of allylic oxidation sites excluding steroid dienone is 2. The molecule has 0 spiro atoms. The highest BCUT2D eigenvalue weighted by molar-refractivity contribution is 5.80. The zero-order valence-corrected chi connectivity index (χ0v) is 48.3. The third kappa shape index (κ3) is 10.7. The maximum atomic E-state index is 15.4. The summed E-state index contributed by atoms with van der Waals surface area (Å²) in [6.07, 6.45) is -41.3. The maximum absolute atomic E-state index is 15.4. The number of esters is 1. The van der Waals surface area contributed by atoms with E-state index in [1.54, 1.807) is 0 Å². The van der Waals surface area contributed by atoms with Crippen molar-refractivity contribution in [2.24, 2.45) is 50.2 Å². The molecule has 0 radical (unpaired) electrons. The normalized spacial score (nSPS) is 55.0. The molecule has 4 saturated carbocycles. The largest absolute Gasteiger partial charge is 0.432 e. The zero-order valence-electron chi connectivity index (χ0n) is 48.3. The van der Waals surface area contributed by atoms with E-state index in [0.717, 1.165) is 5.57 Å². The summed E-state index contributed by atoms with van der Waals surface area (Å²) in [7, 11) is 0. The molecule has 0 aromatic rings. The quantitative estimate of drug-likeness (QED) is 0.0491. The summed E-state index contributed by atoms with van der Waals surface area (Å²) in [6, 6.07) is 0. The zero-order chi connectivity index (χ0) is 62.2. The Balaban J connectivity index is 0.887. The van der Waals surface area contributed by atoms with Crippen LogP contribution in [0, 0.1) is 50.2 Å². The average Bonchev–Trinajstić information content (AvgIpc) is 0.678. The minimum atomic E-state index is -2.06. The number of fused-ring (bicyclic) bond motifs is 7. The van der Waals surface area contributed by atoms with Gasteiger partial charge in [-0.3, -0.25) is 4.79 Å². The van der Waals surface area contributed by atoms with Crippen LogP contribution in [0.25, 0.3) is 0 Å². The van der Waals surface area contributed by atoms with Crippen molar-refractivity contribution >= 4 is 5.97 Å². The summed E-state index contributed by atoms with van der Waals surface area (Å²) in [4.78, 5) is 15.4. The van der Waals surface area contributed by atoms with Gasteiger partial charge in [-0.1, -0.05) is 46.3 Å². The van der Waals surface area contributed by atoms with Crippen molar-refractivity contribution in [3.8, 4) is 0 Å². The molecule has 10 aliphatic rings. The molecule has 0 bridgehead atoms. The lowest BCUT2D eigenvalue weighted by Gasteiger charge is -2.72. The second kappa shape index (κ2) is 24.0. The first kappa shape index (κ1) is 66.1. The molecule has 9 fully saturated rings. The topological polar surface area (TPSA) is 474 Å². The van der Waals surface area contributed by atoms with Gasteiger partial charge >= 0.3 is 5.97 Å². The molecule has 10 rings (SSSR count). The summed E-state index contributed by atoms with van der Waals surface area (Å²) >= 11 is 0. The summed E-state index contributed by atoms with van der Waals surface area (Å²) < 4.78 is 57.8. The van der Waals surface area contributed by atoms with Gasteiger partial charge in [0.2, 0.25) is 6.29 Å². The van der Waals surface area contributed by atoms with Gasteiger partial charge in [0.05, 0.1) is 50.8 Å². The van der Waals surface area contributed by atoms with Crippen molar-refractivity contribution in [2.75, 3.05) is 26.4 Å². The van der Waals surface area contributed by atoms with E-state index in [0.29, 0.717) is 32.1 Å². The SMILES string of the molecule is C[C@@H]1O[C@@H](O[C@H]2[C@H](OC(=O)[C@@]34CCC(C)(C)C[C@@H]3C3=CC[C@H]5[C@@]6(C)C[C@@H](O)[C@@H](O[C@H]7O[C@H](O[C@@H]8O[C@H](O)[C@@H](O)[C@@H](O)[C@H]8O)[C@H](O)[C@@H](O)[C@H]7O)C(CO)(CO)[C@@H]6CC[C@]5(C)[C@]3(C)C[C@@H]4O)OC[C@H](O)[C@@H]2O)[C@H](O)[C@@H](O)[C@@H]1O[C@@H]1OC[C@@H](O)[C@@H](O)[C@H]1O. The van der Waals surface area contributed by atoms with Crippen molar-refractivity contribution in [1.29, 1.82) is 0 Å². The number of hydrogen-bond acceptors (Lipinski definition) is 29. The molecule has 18 N–H and O–H groups in total. The van der Waals surface area contributed by atoms with Crippen molar-refractivity contribution in [1.82, 2.24) is 0 Å². The van der Waals surface area contributed by atoms with Gasteiger partial charge in [-0.25, -0.2) is 0 Å². The van der Waals surface area contributed by atoms with Crippen LogP contribution in [0.4, 0.5) is 0 Å². The summed E-state index contributed by atoms with van der Waals surface area (Å²) in [5, 5.41) is 198. The van der Waals surface area contributed by atoms with Crippen LogP contribution in [0.2, 0.25) is 0 Å². The summed E-state index contributed by atoms with van der Waals surface area (Å²) in [5.41, 5.74) is -5.18. The number of rotatable bonds is 12. The van der Waals surface area contributed by atoms with Gasteiger partial charge in [0, 0.05) is 5.41 Å². The Morgan fingerprint density at radius 3 is 1.74 bits per heavy atom. The van der Waals surface area contributed by atoms with Gasteiger partial charge in [0.1, 0.15) is 90.9 Å². The van der Waals surface area contributed by atoms with E-state index >= 15 is 4.79 Å². The molecule has 0 amide bonds. The average molecular weight is 1230 g/mol. The first-order valence-electron chi connectivity index (χ1n) is 29.6. The molecule has 29 nitrogen and oxygen atoms in total. The highest BCUT2D eigenvalue weighted by atomic mass is 16.8. The lowest BCUT2D eigenvalue weighted by atomic mass is 9.33. The molecule has 0 unspecified atom stereocenters. The van der Waals surface area contributed by atoms with Gasteiger partial charge in [0.25, 0.3) is 0 Å². The number of hydrogen-bond donors (Lipinski definition) is 18. The Hall–Kier alpha value is -1.87. The van der Waals surface area contributed by atoms with Crippen LogP contribution in [0.1, 0.15) is 92.9 Å². The smallest absolute Gasteiger partial charge is 0.317 e. The van der Waals surface area contributed by atoms with Gasteiger partial charge in [-0.05, 0) is 97.7 Å². The minimum Gasteiger partial charge on any atom is -0.432 e. The summed E-state index contributed by atoms with van der Waals surface area (Å²) in [5.74, 6) is -2.46. The van der Waals surface area contributed by atoms with E-state index in [1.165, 1.54) is 6.92 Å². The Morgan fingerprint density at radius 2 is 1.09 bits per heavy atom. The van der Waals surface area contributed by atoms with Crippen molar-refractivity contribution in [2.45, 2.75) is 253 Å². The fourth-order valence-corrected chi connectivity index (χ4v) is 17.1. The van der Waals surface area contributed by atoms with Crippen molar-refractivity contribution in [3.05, 3.63) is 11.6 Å². The van der Waals surface area contributed by atoms with E-state index in [1.807, 2.05) is 6.92 Å². The van der Waals surface area contributed by atoms with Crippen LogP contribution < -0.4 is 0 Å². The Labute approximate surface area is 490 Å². The Bertz CT molecular complexity index is 2380. The maximum Gasteiger partial charge on any atom is 0.317 e. The predicted octanol–water partition coefficient (Wildman–Crippen LogP) is -6.10. The third-order valence-electron chi connectivity index (χ3n) is 22.3. The minimum absolute atomic E-state index is 0.00365. The lowest BCUT2D eigenvalue weighted by molar-refractivity contribution is -0.420. The van der Waals surface area contributed by atoms with E-state index in [4.69, 9.17) is 47.4 Å². The molecular formula is C56H90O29. The van der Waals surface area contributed by atoms with Crippen LogP contribution in [0.15, 0.2) is 11.6 Å². The van der Waals surface area contributed by atoms with Crippen LogP contribution in [-0.2, 0) is 52.2 Å². The van der Waals surface area contributed by atoms with Crippen LogP contribution >= 0.6 is 0 Å². The molecule has 29 heteroatoms. The van der Waals surface area contributed by atoms with Gasteiger partial charge in [0.15, 0.2) is 43.8 Å². The molecule has 5 heterocycles. The van der Waals surface area contributed by atoms with Crippen molar-refractivity contribution in [3.63, 3.8) is 0 Å². The fourth-order valence-electron chi connectivity index (χ4n) is 17.1. The highest BCUT2D eigenvalue weighted by Gasteiger charge is 2.74. The molecule has 5 saturated heterocycles. The fraction of sp³-hybridized carbons (Fsp3) is 0.946. The predicted molar refractivity (Wildman–Crippen MR) is 278 cm³/mol. The molecule has 5 aliphatic heterocycles. The number of carbonyl (C=O) groups is 1. The first-order chi connectivity index (χ1) is 39.8. The molecule has 85 heavy (non-hydrogen) atoms. The van der Waals surface area contributed by atoms with E-state index in [9.17, 15) is 91.9 Å². The standard InChI is InChI=1S/C56H90O29/c1-20-40(79-44-35(69)29(63)24(60)16-76-44)33(67)39(73)45(78-20)80-41-30(64)25(61)17-77-49(41)85-50(75)56-12-11-51(2,3)13-22(56)21-7-8-26-52(4)14-23(59)42(55(18-57,19-58)27(52)9-10-53(26,5)54(21,6)15-28(56)62)81-46-37(71)32(66)38(72)48(83-46)84-47-36(70)31(65)34(68)43(74)82-47/h7,20,22-49,57-74H,8-19H2,1-6H3/t20-,22+,23+,24+,25-,26-,27+,28-,29+,30-,31+,32-,33+,34-,35+,36+,37+,38+,39+,40+,41+,42+,43-,44-,45-,46-,47-,48+,49-,52+,53-,54+,56-/m0/s1. The number of aliphatic hydroxyl groups is 18. The number of ether oxygens (including phenoxy) is 10. The monoisotopic (exact) mass is 1230 g/mol. The van der Waals surface area contributed by atoms with Crippen molar-refractivity contribution < 1.29 is 144 Å². The van der Waals surface area contributed by atoms with Gasteiger partial charge in [-0.2, -0.15) is 0 Å². The number of aliphatic hydroxyl groups excluding tert-OH is 18. The summed E-state index contributed by atoms with van der Waals surface area (Å²) in [6.45, 7) is 9.31. The van der Waals surface area contributed by atoms with Crippen LogP contribution in [-0.4, -0.2) is 284 Å². The second-order valence-corrected chi connectivity index (χ2v) is 27.5. The molecular weight excluding hydrogens is 1140 g/mol. The second-order valence-electron chi connectivity index (χ2n) is 27.5. The lowest BCUT2D eigenvalue weighted by Crippen LogP contribution is -2.72. The molecule has 5 aliphatic carbocycles. The van der Waals surface area contributed by atoms with Gasteiger partial charge in [-0.15, -0.1) is 0 Å². The molecule has 488 valence electrons. The van der Waals surface area contributed by atoms with Crippen LogP contribution in [0.3, 0.4) is 0 Å². The molecule has 0 aromatic heterocycles. The first-order valence-corrected chi connectivity index (χ1v) is 29.6. The molecule has 0 aromatic carbocycles. The van der Waals surface area contributed by atoms with Crippen LogP contribution in [0.5, 0.6) is 0 Å². The van der Waals surface area contributed by atoms with Gasteiger partial charge < -0.3 is 139 Å².